The first kappa shape index (κ1) is 30.1. The minimum Gasteiger partial charge on any atom is -0.451 e. The van der Waals surface area contributed by atoms with Gasteiger partial charge in [-0.3, -0.25) is 10.2 Å². The summed E-state index contributed by atoms with van der Waals surface area (Å²) in [6.45, 7) is 4.31. The molecule has 202 valence electrons. The van der Waals surface area contributed by atoms with Crippen LogP contribution in [-0.4, -0.2) is 53.9 Å². The normalized spacial score (nSPS) is 11.7. The molecule has 2 aromatic carbocycles. The van der Waals surface area contributed by atoms with E-state index in [4.69, 9.17) is 31.8 Å². The van der Waals surface area contributed by atoms with Gasteiger partial charge in [-0.1, -0.05) is 30.2 Å². The van der Waals surface area contributed by atoms with Gasteiger partial charge in [0.15, 0.2) is 12.6 Å². The van der Waals surface area contributed by atoms with E-state index in [1.54, 1.807) is 38.1 Å². The number of nitrogen functional groups attached to an aromatic ring is 1. The van der Waals surface area contributed by atoms with Crippen LogP contribution in [0.3, 0.4) is 0 Å². The number of imide groups is 1. The van der Waals surface area contributed by atoms with E-state index in [-0.39, 0.29) is 35.9 Å². The highest BCUT2D eigenvalue weighted by Crippen LogP contribution is 2.18. The highest BCUT2D eigenvalue weighted by atomic mass is 16.6. The summed E-state index contributed by atoms with van der Waals surface area (Å²) in [4.78, 5) is 51.7. The lowest BCUT2D eigenvalue weighted by molar-refractivity contribution is -0.149. The molecule has 2 amide bonds. The maximum Gasteiger partial charge on any atom is 0.417 e. The van der Waals surface area contributed by atoms with Crippen molar-refractivity contribution in [1.82, 2.24) is 4.90 Å². The highest BCUT2D eigenvalue weighted by Gasteiger charge is 2.36. The zero-order valence-corrected chi connectivity index (χ0v) is 21.8. The molecular formula is C29H29N3O7. The number of amides is 2. The minimum absolute atomic E-state index is 0.0221. The van der Waals surface area contributed by atoms with Gasteiger partial charge < -0.3 is 19.9 Å². The first-order valence-corrected chi connectivity index (χ1v) is 11.8. The molecule has 0 spiro atoms. The van der Waals surface area contributed by atoms with E-state index in [0.29, 0.717) is 16.0 Å². The van der Waals surface area contributed by atoms with Crippen molar-refractivity contribution in [2.75, 3.05) is 13.2 Å². The third-order valence-corrected chi connectivity index (χ3v) is 5.12. The van der Waals surface area contributed by atoms with Crippen molar-refractivity contribution in [3.8, 4) is 18.1 Å². The number of carbonyl (C=O) groups is 4. The fraction of sp³-hybridized carbons (Fsp3) is 0.207. The molecule has 10 nitrogen and oxygen atoms in total. The number of carbonyl (C=O) groups excluding carboxylic acids is 4. The molecule has 0 saturated heterocycles. The van der Waals surface area contributed by atoms with Crippen LogP contribution in [0.1, 0.15) is 42.3 Å². The smallest absolute Gasteiger partial charge is 0.417 e. The molecule has 3 N–H and O–H groups in total. The van der Waals surface area contributed by atoms with Crippen LogP contribution in [0.5, 0.6) is 5.75 Å². The predicted molar refractivity (Wildman–Crippen MR) is 145 cm³/mol. The van der Waals surface area contributed by atoms with Crippen molar-refractivity contribution < 1.29 is 33.4 Å². The molecule has 1 atom stereocenters. The summed E-state index contributed by atoms with van der Waals surface area (Å²) in [5.41, 5.74) is 6.83. The molecule has 0 radical (unpaired) electrons. The molecule has 0 fully saturated rings. The monoisotopic (exact) mass is 531 g/mol. The van der Waals surface area contributed by atoms with Gasteiger partial charge in [-0.05, 0) is 68.8 Å². The average molecular weight is 532 g/mol. The van der Waals surface area contributed by atoms with Crippen LogP contribution in [-0.2, 0) is 19.1 Å². The molecule has 0 aliphatic carbocycles. The molecule has 0 aromatic heterocycles. The highest BCUT2D eigenvalue weighted by molar-refractivity contribution is 6.07. The second-order valence-corrected chi connectivity index (χ2v) is 7.93. The number of allylic oxidation sites excluding steroid dienone is 1. The minimum atomic E-state index is -1.39. The maximum atomic E-state index is 13.3. The third kappa shape index (κ3) is 8.43. The van der Waals surface area contributed by atoms with E-state index in [1.807, 2.05) is 0 Å². The standard InChI is InChI=1S/C29H29N3O7/c1-5-8-24(28(35)38-17-6-2)32(29(36)37-7-3)26(33)19(4)18-20-9-11-22(12-10-20)27(34)39-23-15-13-21(14-16-23)25(30)31/h2,5,8-16,18,24H,7,17H2,1,3-4H3,(H3,30,31). The van der Waals surface area contributed by atoms with Crippen LogP contribution >= 0.6 is 0 Å². The van der Waals surface area contributed by atoms with Crippen molar-refractivity contribution in [3.05, 3.63) is 82.9 Å². The number of hydrogen-bond acceptors (Lipinski definition) is 8. The summed E-state index contributed by atoms with van der Waals surface area (Å²) in [6.07, 6.45) is 8.44. The van der Waals surface area contributed by atoms with Gasteiger partial charge in [0.05, 0.1) is 12.2 Å². The molecule has 0 bridgehead atoms. The number of hydrogen-bond donors (Lipinski definition) is 2. The number of terminal acetylenes is 1. The van der Waals surface area contributed by atoms with Gasteiger partial charge in [0, 0.05) is 11.1 Å². The maximum absolute atomic E-state index is 13.3. The van der Waals surface area contributed by atoms with Crippen molar-refractivity contribution >= 4 is 35.9 Å². The number of nitrogens with zero attached hydrogens (tertiary/aromatic N) is 1. The lowest BCUT2D eigenvalue weighted by Crippen LogP contribution is -2.49. The zero-order chi connectivity index (χ0) is 28.9. The second-order valence-electron chi connectivity index (χ2n) is 7.93. The SMILES string of the molecule is C#CCOC(=O)C(C=CC)N(C(=O)OCC)C(=O)C(C)=Cc1ccc(C(=O)Oc2ccc(C(=N)N)cc2)cc1. The summed E-state index contributed by atoms with van der Waals surface area (Å²) >= 11 is 0. The van der Waals surface area contributed by atoms with E-state index in [2.05, 4.69) is 5.92 Å². The average Bonchev–Trinajstić information content (AvgIpc) is 2.92. The molecule has 1 unspecified atom stereocenters. The molecule has 0 saturated carbocycles. The van der Waals surface area contributed by atoms with Crippen LogP contribution in [0.15, 0.2) is 66.3 Å². The van der Waals surface area contributed by atoms with E-state index in [1.165, 1.54) is 49.4 Å². The van der Waals surface area contributed by atoms with Gasteiger partial charge in [0.25, 0.3) is 5.91 Å². The number of ether oxygens (including phenoxy) is 3. The Morgan fingerprint density at radius 1 is 1.05 bits per heavy atom. The van der Waals surface area contributed by atoms with Gasteiger partial charge in [-0.25, -0.2) is 19.3 Å². The van der Waals surface area contributed by atoms with Crippen molar-refractivity contribution in [2.24, 2.45) is 5.73 Å². The lowest BCUT2D eigenvalue weighted by atomic mass is 10.1. The topological polar surface area (TPSA) is 149 Å². The van der Waals surface area contributed by atoms with Crippen molar-refractivity contribution in [2.45, 2.75) is 26.8 Å². The Hall–Kier alpha value is -5.17. The zero-order valence-electron chi connectivity index (χ0n) is 21.8. The lowest BCUT2D eigenvalue weighted by Gasteiger charge is -2.26. The third-order valence-electron chi connectivity index (χ3n) is 5.12. The molecule has 10 heteroatoms. The Morgan fingerprint density at radius 2 is 1.67 bits per heavy atom. The summed E-state index contributed by atoms with van der Waals surface area (Å²) in [5.74, 6) is 0.0610. The molecule has 0 aliphatic heterocycles. The van der Waals surface area contributed by atoms with Crippen LogP contribution in [0.2, 0.25) is 0 Å². The number of rotatable bonds is 10. The molecule has 0 aliphatic rings. The summed E-state index contributed by atoms with van der Waals surface area (Å²) in [5, 5.41) is 7.41. The Kier molecular flexibility index (Phi) is 11.2. The number of amidine groups is 1. The predicted octanol–water partition coefficient (Wildman–Crippen LogP) is 3.70. The first-order valence-electron chi connectivity index (χ1n) is 11.8. The van der Waals surface area contributed by atoms with Gasteiger partial charge >= 0.3 is 18.0 Å². The van der Waals surface area contributed by atoms with Gasteiger partial charge in [0.2, 0.25) is 0 Å². The molecule has 2 rings (SSSR count). The van der Waals surface area contributed by atoms with Crippen molar-refractivity contribution in [3.63, 3.8) is 0 Å². The number of esters is 2. The summed E-state index contributed by atoms with van der Waals surface area (Å²) < 4.78 is 15.3. The Bertz CT molecular complexity index is 1320. The van der Waals surface area contributed by atoms with E-state index >= 15 is 0 Å². The Labute approximate surface area is 226 Å². The van der Waals surface area contributed by atoms with Gasteiger partial charge in [0.1, 0.15) is 11.6 Å². The van der Waals surface area contributed by atoms with Gasteiger partial charge in [-0.2, -0.15) is 0 Å². The van der Waals surface area contributed by atoms with Crippen molar-refractivity contribution in [1.29, 1.82) is 5.41 Å². The number of benzene rings is 2. The first-order chi connectivity index (χ1) is 18.6. The van der Waals surface area contributed by atoms with E-state index in [9.17, 15) is 19.2 Å². The fourth-order valence-corrected chi connectivity index (χ4v) is 3.25. The molecule has 2 aromatic rings. The Morgan fingerprint density at radius 3 is 2.21 bits per heavy atom. The number of nitrogens with one attached hydrogen (secondary N) is 1. The fourth-order valence-electron chi connectivity index (χ4n) is 3.25. The summed E-state index contributed by atoms with van der Waals surface area (Å²) in [6, 6.07) is 11.0. The molecular weight excluding hydrogens is 502 g/mol. The van der Waals surface area contributed by atoms with E-state index < -0.39 is 30.0 Å². The van der Waals surface area contributed by atoms with Crippen LogP contribution in [0, 0.1) is 17.8 Å². The van der Waals surface area contributed by atoms with Crippen LogP contribution in [0.4, 0.5) is 4.79 Å². The van der Waals surface area contributed by atoms with E-state index in [0.717, 1.165) is 0 Å². The van der Waals surface area contributed by atoms with Crippen LogP contribution in [0.25, 0.3) is 6.08 Å². The largest absolute Gasteiger partial charge is 0.451 e. The summed E-state index contributed by atoms with van der Waals surface area (Å²) in [7, 11) is 0. The quantitative estimate of drug-likeness (QED) is 0.0896. The molecule has 39 heavy (non-hydrogen) atoms. The van der Waals surface area contributed by atoms with Gasteiger partial charge in [-0.15, -0.1) is 6.42 Å². The molecule has 0 heterocycles. The number of nitrogens with two attached hydrogens (primary N) is 1. The Balaban J connectivity index is 2.24. The van der Waals surface area contributed by atoms with Crippen LogP contribution < -0.4 is 10.5 Å². The second kappa shape index (κ2) is 14.5.